The fourth-order valence-corrected chi connectivity index (χ4v) is 3.78. The van der Waals surface area contributed by atoms with Crippen LogP contribution in [0.1, 0.15) is 16.7 Å². The van der Waals surface area contributed by atoms with Gasteiger partial charge in [0.05, 0.1) is 21.3 Å². The topological polar surface area (TPSA) is 34.2 Å². The van der Waals surface area contributed by atoms with Crippen LogP contribution in [0.4, 0.5) is 0 Å². The van der Waals surface area contributed by atoms with Crippen LogP contribution in [0.3, 0.4) is 0 Å². The summed E-state index contributed by atoms with van der Waals surface area (Å²) in [6.45, 7) is 8.07. The summed E-state index contributed by atoms with van der Waals surface area (Å²) in [6, 6.07) is 12.4. The number of rotatable bonds is 7. The molecule has 0 bridgehead atoms. The molecule has 0 atom stereocenters. The van der Waals surface area contributed by atoms with Gasteiger partial charge in [0.2, 0.25) is 0 Å². The molecule has 146 valence electrons. The maximum atomic E-state index is 5.65. The van der Waals surface area contributed by atoms with Crippen molar-refractivity contribution in [3.05, 3.63) is 53.1 Å². The lowest BCUT2D eigenvalue weighted by Gasteiger charge is -2.35. The van der Waals surface area contributed by atoms with Crippen LogP contribution in [0.25, 0.3) is 0 Å². The van der Waals surface area contributed by atoms with E-state index in [1.165, 1.54) is 11.1 Å². The van der Waals surface area contributed by atoms with Crippen molar-refractivity contribution < 1.29 is 14.2 Å². The van der Waals surface area contributed by atoms with Gasteiger partial charge in [0.25, 0.3) is 0 Å². The Kier molecular flexibility index (Phi) is 6.58. The molecular weight excluding hydrogens is 340 g/mol. The molecule has 3 rings (SSSR count). The minimum absolute atomic E-state index is 0.872. The monoisotopic (exact) mass is 370 g/mol. The number of nitrogens with zero attached hydrogens (tertiary/aromatic N) is 2. The summed E-state index contributed by atoms with van der Waals surface area (Å²) in [5, 5.41) is 0. The van der Waals surface area contributed by atoms with Crippen LogP contribution >= 0.6 is 0 Å². The Bertz CT molecular complexity index is 755. The summed E-state index contributed by atoms with van der Waals surface area (Å²) >= 11 is 0. The van der Waals surface area contributed by atoms with E-state index >= 15 is 0 Å². The van der Waals surface area contributed by atoms with Gasteiger partial charge in [-0.05, 0) is 19.1 Å². The quantitative estimate of drug-likeness (QED) is 0.747. The van der Waals surface area contributed by atoms with Crippen molar-refractivity contribution in [2.24, 2.45) is 0 Å². The lowest BCUT2D eigenvalue weighted by atomic mass is 10.1. The van der Waals surface area contributed by atoms with Crippen LogP contribution in [-0.4, -0.2) is 57.3 Å². The number of benzene rings is 2. The first-order valence-electron chi connectivity index (χ1n) is 9.43. The lowest BCUT2D eigenvalue weighted by Crippen LogP contribution is -2.45. The zero-order chi connectivity index (χ0) is 19.2. The molecule has 0 radical (unpaired) electrons. The van der Waals surface area contributed by atoms with Gasteiger partial charge in [-0.3, -0.25) is 9.80 Å². The van der Waals surface area contributed by atoms with Crippen molar-refractivity contribution in [2.45, 2.75) is 20.0 Å². The van der Waals surface area contributed by atoms with E-state index in [4.69, 9.17) is 14.2 Å². The zero-order valence-electron chi connectivity index (χ0n) is 16.8. The third-order valence-corrected chi connectivity index (χ3v) is 5.31. The normalized spacial score (nSPS) is 15.6. The molecular formula is C22H30N2O3. The van der Waals surface area contributed by atoms with Gasteiger partial charge < -0.3 is 14.2 Å². The molecule has 5 nitrogen and oxygen atoms in total. The van der Waals surface area contributed by atoms with E-state index in [1.54, 1.807) is 21.3 Å². The molecule has 0 saturated carbocycles. The molecule has 0 unspecified atom stereocenters. The molecule has 1 saturated heterocycles. The second kappa shape index (κ2) is 9.11. The first kappa shape index (κ1) is 19.5. The van der Waals surface area contributed by atoms with Crippen LogP contribution in [0.2, 0.25) is 0 Å². The molecule has 0 N–H and O–H groups in total. The van der Waals surface area contributed by atoms with Crippen molar-refractivity contribution in [3.8, 4) is 17.2 Å². The highest BCUT2D eigenvalue weighted by Crippen LogP contribution is 2.32. The summed E-state index contributed by atoms with van der Waals surface area (Å²) in [6.07, 6.45) is 0. The number of piperazine rings is 1. The molecule has 1 aliphatic heterocycles. The van der Waals surface area contributed by atoms with Crippen molar-refractivity contribution in [3.63, 3.8) is 0 Å². The lowest BCUT2D eigenvalue weighted by molar-refractivity contribution is 0.120. The van der Waals surface area contributed by atoms with Crippen LogP contribution in [0, 0.1) is 6.92 Å². The number of hydrogen-bond donors (Lipinski definition) is 0. The van der Waals surface area contributed by atoms with Crippen LogP contribution in [-0.2, 0) is 13.1 Å². The van der Waals surface area contributed by atoms with Crippen LogP contribution < -0.4 is 14.2 Å². The highest BCUT2D eigenvalue weighted by Gasteiger charge is 2.20. The zero-order valence-corrected chi connectivity index (χ0v) is 16.8. The highest BCUT2D eigenvalue weighted by molar-refractivity contribution is 5.49. The number of ether oxygens (including phenoxy) is 3. The molecule has 0 amide bonds. The minimum Gasteiger partial charge on any atom is -0.496 e. The predicted octanol–water partition coefficient (Wildman–Crippen LogP) is 3.34. The molecule has 0 spiro atoms. The Morgan fingerprint density at radius 2 is 1.30 bits per heavy atom. The van der Waals surface area contributed by atoms with E-state index in [2.05, 4.69) is 28.0 Å². The average Bonchev–Trinajstić information content (AvgIpc) is 2.70. The van der Waals surface area contributed by atoms with Crippen molar-refractivity contribution >= 4 is 0 Å². The summed E-state index contributed by atoms with van der Waals surface area (Å²) in [7, 11) is 5.17. The van der Waals surface area contributed by atoms with E-state index in [1.807, 2.05) is 25.1 Å². The van der Waals surface area contributed by atoms with Crippen molar-refractivity contribution in [2.75, 3.05) is 47.5 Å². The largest absolute Gasteiger partial charge is 0.496 e. The number of para-hydroxylation sites is 1. The van der Waals surface area contributed by atoms with E-state index in [9.17, 15) is 0 Å². The van der Waals surface area contributed by atoms with Gasteiger partial charge in [0.1, 0.15) is 17.2 Å². The SMILES string of the molecule is COc1ccccc1CN1CCN(Cc2ccc(OC)c(C)c2OC)CC1. The molecule has 0 aromatic heterocycles. The van der Waals surface area contributed by atoms with Gasteiger partial charge in [0.15, 0.2) is 0 Å². The molecule has 1 fully saturated rings. The number of hydrogen-bond acceptors (Lipinski definition) is 5. The molecule has 2 aromatic rings. The van der Waals surface area contributed by atoms with Gasteiger partial charge in [-0.25, -0.2) is 0 Å². The molecule has 1 aliphatic rings. The third-order valence-electron chi connectivity index (χ3n) is 5.31. The molecule has 2 aromatic carbocycles. The summed E-state index contributed by atoms with van der Waals surface area (Å²) in [5.41, 5.74) is 3.53. The first-order valence-corrected chi connectivity index (χ1v) is 9.43. The van der Waals surface area contributed by atoms with Gasteiger partial charge >= 0.3 is 0 Å². The Hall–Kier alpha value is -2.24. The Morgan fingerprint density at radius 1 is 0.704 bits per heavy atom. The van der Waals surface area contributed by atoms with Gasteiger partial charge in [-0.15, -0.1) is 0 Å². The molecule has 1 heterocycles. The fourth-order valence-electron chi connectivity index (χ4n) is 3.78. The number of methoxy groups -OCH3 is 3. The van der Waals surface area contributed by atoms with Crippen LogP contribution in [0.5, 0.6) is 17.2 Å². The predicted molar refractivity (Wildman–Crippen MR) is 108 cm³/mol. The smallest absolute Gasteiger partial charge is 0.129 e. The Labute approximate surface area is 162 Å². The maximum absolute atomic E-state index is 5.65. The second-order valence-electron chi connectivity index (χ2n) is 6.95. The second-order valence-corrected chi connectivity index (χ2v) is 6.95. The average molecular weight is 370 g/mol. The standard InChI is InChI=1S/C22H30N2O3/c1-17-20(25-2)10-9-19(22(17)27-4)16-24-13-11-23(12-14-24)15-18-7-5-6-8-21(18)26-3/h5-10H,11-16H2,1-4H3. The fraction of sp³-hybridized carbons (Fsp3) is 0.455. The van der Waals surface area contributed by atoms with Crippen LogP contribution in [0.15, 0.2) is 36.4 Å². The first-order chi connectivity index (χ1) is 13.2. The van der Waals surface area contributed by atoms with Gasteiger partial charge in [0, 0.05) is 56.0 Å². The van der Waals surface area contributed by atoms with E-state index < -0.39 is 0 Å². The minimum atomic E-state index is 0.872. The molecule has 27 heavy (non-hydrogen) atoms. The van der Waals surface area contributed by atoms with Gasteiger partial charge in [-0.2, -0.15) is 0 Å². The van der Waals surface area contributed by atoms with E-state index in [-0.39, 0.29) is 0 Å². The van der Waals surface area contributed by atoms with Gasteiger partial charge in [-0.1, -0.05) is 24.3 Å². The maximum Gasteiger partial charge on any atom is 0.129 e. The summed E-state index contributed by atoms with van der Waals surface area (Å²) in [5.74, 6) is 2.78. The summed E-state index contributed by atoms with van der Waals surface area (Å²) in [4.78, 5) is 4.98. The van der Waals surface area contributed by atoms with E-state index in [0.29, 0.717) is 0 Å². The summed E-state index contributed by atoms with van der Waals surface area (Å²) < 4.78 is 16.5. The molecule has 5 heteroatoms. The highest BCUT2D eigenvalue weighted by atomic mass is 16.5. The van der Waals surface area contributed by atoms with E-state index in [0.717, 1.165) is 62.1 Å². The van der Waals surface area contributed by atoms with Crippen molar-refractivity contribution in [1.29, 1.82) is 0 Å². The third kappa shape index (κ3) is 4.54. The Balaban J connectivity index is 1.59. The molecule has 0 aliphatic carbocycles. The van der Waals surface area contributed by atoms with Crippen molar-refractivity contribution in [1.82, 2.24) is 9.80 Å². The Morgan fingerprint density at radius 3 is 1.89 bits per heavy atom.